The normalized spacial score (nSPS) is 13.0. The first-order chi connectivity index (χ1) is 13.1. The lowest BCUT2D eigenvalue weighted by Crippen LogP contribution is -2.32. The van der Waals surface area contributed by atoms with E-state index in [9.17, 15) is 18.0 Å². The van der Waals surface area contributed by atoms with Crippen molar-refractivity contribution in [3.8, 4) is 11.3 Å². The van der Waals surface area contributed by atoms with E-state index in [1.54, 1.807) is 31.2 Å². The molecule has 0 aliphatic carbocycles. The Balaban J connectivity index is 2.21. The van der Waals surface area contributed by atoms with E-state index in [0.717, 1.165) is 10.5 Å². The summed E-state index contributed by atoms with van der Waals surface area (Å²) < 4.78 is 42.6. The summed E-state index contributed by atoms with van der Waals surface area (Å²) in [6, 6.07) is 7.52. The topological polar surface area (TPSA) is 59.3 Å². The van der Waals surface area contributed by atoms with Gasteiger partial charge in [0.25, 0.3) is 5.91 Å². The number of hydrogen-bond donors (Lipinski definition) is 1. The van der Waals surface area contributed by atoms with Crippen LogP contribution >= 0.6 is 31.9 Å². The van der Waals surface area contributed by atoms with Crippen LogP contribution in [-0.2, 0) is 6.18 Å². The van der Waals surface area contributed by atoms with Crippen molar-refractivity contribution in [2.75, 3.05) is 0 Å². The maximum absolute atomic E-state index is 13.7. The van der Waals surface area contributed by atoms with Crippen molar-refractivity contribution in [2.24, 2.45) is 0 Å². The van der Waals surface area contributed by atoms with E-state index in [1.807, 2.05) is 6.92 Å². The molecule has 5 nitrogen and oxygen atoms in total. The van der Waals surface area contributed by atoms with Gasteiger partial charge >= 0.3 is 6.18 Å². The van der Waals surface area contributed by atoms with Gasteiger partial charge in [0.2, 0.25) is 0 Å². The number of nitrogens with zero attached hydrogens (tertiary/aromatic N) is 3. The fraction of sp³-hybridized carbons (Fsp3) is 0.278. The molecule has 10 heteroatoms. The predicted octanol–water partition coefficient (Wildman–Crippen LogP) is 5.47. The fourth-order valence-electron chi connectivity index (χ4n) is 2.50. The van der Waals surface area contributed by atoms with Crippen molar-refractivity contribution >= 4 is 43.4 Å². The molecule has 0 aliphatic heterocycles. The number of halogens is 5. The number of carbonyl (C=O) groups excluding carboxylic acids is 1. The molecule has 0 spiro atoms. The molecule has 1 aromatic carbocycles. The summed E-state index contributed by atoms with van der Waals surface area (Å²) in [5.74, 6) is -0.565. The first-order valence-electron chi connectivity index (χ1n) is 8.35. The van der Waals surface area contributed by atoms with Crippen molar-refractivity contribution in [3.63, 3.8) is 0 Å². The summed E-state index contributed by atoms with van der Waals surface area (Å²) >= 11 is 6.50. The molecule has 2 aromatic heterocycles. The van der Waals surface area contributed by atoms with Gasteiger partial charge < -0.3 is 5.32 Å². The molecule has 0 aliphatic rings. The van der Waals surface area contributed by atoms with Crippen molar-refractivity contribution in [1.82, 2.24) is 19.9 Å². The van der Waals surface area contributed by atoms with Crippen LogP contribution in [0, 0.1) is 0 Å². The molecule has 0 radical (unpaired) electrons. The molecule has 0 saturated carbocycles. The summed E-state index contributed by atoms with van der Waals surface area (Å²) in [5.41, 5.74) is -0.608. The van der Waals surface area contributed by atoms with Gasteiger partial charge in [-0.2, -0.15) is 18.3 Å². The number of carbonyl (C=O) groups is 1. The average Bonchev–Trinajstić information content (AvgIpc) is 2.97. The monoisotopic (exact) mass is 518 g/mol. The summed E-state index contributed by atoms with van der Waals surface area (Å²) in [6.45, 7) is 3.68. The van der Waals surface area contributed by atoms with E-state index >= 15 is 0 Å². The van der Waals surface area contributed by atoms with E-state index in [1.165, 1.54) is 0 Å². The second-order valence-corrected chi connectivity index (χ2v) is 7.92. The van der Waals surface area contributed by atoms with Gasteiger partial charge in [0.15, 0.2) is 17.0 Å². The molecule has 2 heterocycles. The number of benzene rings is 1. The van der Waals surface area contributed by atoms with Crippen LogP contribution in [0.1, 0.15) is 36.5 Å². The van der Waals surface area contributed by atoms with Crippen LogP contribution in [0.5, 0.6) is 0 Å². The second-order valence-electron chi connectivity index (χ2n) is 6.21. The average molecular weight is 520 g/mol. The van der Waals surface area contributed by atoms with Crippen molar-refractivity contribution in [2.45, 2.75) is 32.5 Å². The maximum Gasteiger partial charge on any atom is 0.433 e. The minimum atomic E-state index is -4.68. The van der Waals surface area contributed by atoms with Crippen LogP contribution in [0.25, 0.3) is 16.9 Å². The Morgan fingerprint density at radius 3 is 2.46 bits per heavy atom. The Kier molecular flexibility index (Phi) is 5.81. The number of amides is 1. The van der Waals surface area contributed by atoms with Crippen LogP contribution in [0.15, 0.2) is 39.3 Å². The summed E-state index contributed by atoms with van der Waals surface area (Å²) in [5, 5.41) is 6.58. The highest BCUT2D eigenvalue weighted by atomic mass is 79.9. The van der Waals surface area contributed by atoms with Gasteiger partial charge in [0.05, 0.1) is 10.2 Å². The zero-order valence-electron chi connectivity index (χ0n) is 14.8. The van der Waals surface area contributed by atoms with Gasteiger partial charge in [-0.05, 0) is 47.5 Å². The highest BCUT2D eigenvalue weighted by molar-refractivity contribution is 9.11. The standard InChI is InChI=1S/C18H15Br2F3N4O/c1-3-9(2)24-17(28)15-14(20)16-25-12(10-4-6-11(19)7-5-10)8-13(18(21,22)23)27(16)26-15/h4-9H,3H2,1-2H3,(H,24,28)/t9-/m1/s1. The van der Waals surface area contributed by atoms with Gasteiger partial charge in [0, 0.05) is 16.1 Å². The van der Waals surface area contributed by atoms with Gasteiger partial charge in [-0.25, -0.2) is 9.50 Å². The first kappa shape index (κ1) is 20.8. The van der Waals surface area contributed by atoms with E-state index in [-0.39, 0.29) is 27.5 Å². The van der Waals surface area contributed by atoms with Gasteiger partial charge in [0.1, 0.15) is 0 Å². The van der Waals surface area contributed by atoms with E-state index in [4.69, 9.17) is 0 Å². The quantitative estimate of drug-likeness (QED) is 0.497. The number of nitrogens with one attached hydrogen (secondary N) is 1. The Morgan fingerprint density at radius 1 is 1.25 bits per heavy atom. The van der Waals surface area contributed by atoms with Crippen molar-refractivity contribution < 1.29 is 18.0 Å². The number of rotatable bonds is 4. The highest BCUT2D eigenvalue weighted by Gasteiger charge is 2.36. The number of alkyl halides is 3. The summed E-state index contributed by atoms with van der Waals surface area (Å²) in [4.78, 5) is 16.7. The third-order valence-corrected chi connectivity index (χ3v) is 5.43. The number of aromatic nitrogens is 3. The van der Waals surface area contributed by atoms with Crippen LogP contribution < -0.4 is 5.32 Å². The Bertz CT molecular complexity index is 1030. The molecule has 1 atom stereocenters. The lowest BCUT2D eigenvalue weighted by molar-refractivity contribution is -0.142. The molecular formula is C18H15Br2F3N4O. The highest BCUT2D eigenvalue weighted by Crippen LogP contribution is 2.34. The lowest BCUT2D eigenvalue weighted by atomic mass is 10.1. The fourth-order valence-corrected chi connectivity index (χ4v) is 3.28. The van der Waals surface area contributed by atoms with Gasteiger partial charge in [-0.3, -0.25) is 4.79 Å². The van der Waals surface area contributed by atoms with E-state index in [2.05, 4.69) is 47.3 Å². The number of hydrogen-bond acceptors (Lipinski definition) is 3. The Labute approximate surface area is 175 Å². The molecular weight excluding hydrogens is 505 g/mol. The molecule has 1 amide bonds. The van der Waals surface area contributed by atoms with Crippen molar-refractivity contribution in [1.29, 1.82) is 0 Å². The van der Waals surface area contributed by atoms with E-state index in [0.29, 0.717) is 16.5 Å². The Hall–Kier alpha value is -1.94. The van der Waals surface area contributed by atoms with Gasteiger partial charge in [-0.1, -0.05) is 35.0 Å². The molecule has 28 heavy (non-hydrogen) atoms. The Morgan fingerprint density at radius 2 is 1.89 bits per heavy atom. The SMILES string of the molecule is CC[C@@H](C)NC(=O)c1nn2c(C(F)(F)F)cc(-c3ccc(Br)cc3)nc2c1Br. The summed E-state index contributed by atoms with van der Waals surface area (Å²) in [7, 11) is 0. The molecule has 3 rings (SSSR count). The van der Waals surface area contributed by atoms with Crippen LogP contribution in [-0.4, -0.2) is 26.5 Å². The molecule has 0 saturated heterocycles. The van der Waals surface area contributed by atoms with Crippen LogP contribution in [0.2, 0.25) is 0 Å². The molecule has 0 unspecified atom stereocenters. The zero-order valence-corrected chi connectivity index (χ0v) is 18.0. The zero-order chi connectivity index (χ0) is 20.6. The summed E-state index contributed by atoms with van der Waals surface area (Å²) in [6.07, 6.45) is -4.00. The van der Waals surface area contributed by atoms with Gasteiger partial charge in [-0.15, -0.1) is 0 Å². The first-order valence-corrected chi connectivity index (χ1v) is 9.93. The predicted molar refractivity (Wildman–Crippen MR) is 106 cm³/mol. The lowest BCUT2D eigenvalue weighted by Gasteiger charge is -2.11. The number of fused-ring (bicyclic) bond motifs is 1. The van der Waals surface area contributed by atoms with Crippen molar-refractivity contribution in [3.05, 3.63) is 50.7 Å². The van der Waals surface area contributed by atoms with E-state index < -0.39 is 17.8 Å². The molecule has 1 N–H and O–H groups in total. The minimum absolute atomic E-state index is 0.0814. The molecule has 3 aromatic rings. The van der Waals surface area contributed by atoms with Crippen LogP contribution in [0.3, 0.4) is 0 Å². The smallest absolute Gasteiger partial charge is 0.348 e. The van der Waals surface area contributed by atoms with Crippen LogP contribution in [0.4, 0.5) is 13.2 Å². The molecule has 0 fully saturated rings. The molecule has 0 bridgehead atoms. The third kappa shape index (κ3) is 4.07. The second kappa shape index (κ2) is 7.82. The minimum Gasteiger partial charge on any atom is -0.348 e. The maximum atomic E-state index is 13.7. The molecule has 148 valence electrons. The third-order valence-electron chi connectivity index (χ3n) is 4.17. The largest absolute Gasteiger partial charge is 0.433 e.